The van der Waals surface area contributed by atoms with Gasteiger partial charge in [0.05, 0.1) is 13.1 Å². The van der Waals surface area contributed by atoms with E-state index in [9.17, 15) is 9.59 Å². The number of cyclic esters (lactones) is 1. The molecule has 2 heterocycles. The summed E-state index contributed by atoms with van der Waals surface area (Å²) in [5.41, 5.74) is 7.98. The second-order valence-corrected chi connectivity index (χ2v) is 7.69. The zero-order valence-electron chi connectivity index (χ0n) is 16.6. The largest absolute Gasteiger partial charge is 0.442 e. The standard InChI is InChI=1S/C24H21N3O3/c1-15(28)26-13-21-14-27(24(29)30-21)20-5-7-23-19(11-20)10-18-9-16(4-6-22(18)23)17-3-2-8-25-12-17/h2-9,11-12,21H,10,13-14H2,1H3,(H,26,28)/t21-/m0/s1. The van der Waals surface area contributed by atoms with Gasteiger partial charge < -0.3 is 10.1 Å². The van der Waals surface area contributed by atoms with Gasteiger partial charge >= 0.3 is 6.09 Å². The minimum absolute atomic E-state index is 0.134. The van der Waals surface area contributed by atoms with Crippen molar-refractivity contribution in [1.29, 1.82) is 0 Å². The highest BCUT2D eigenvalue weighted by molar-refractivity contribution is 5.91. The lowest BCUT2D eigenvalue weighted by Gasteiger charge is -2.14. The molecule has 6 heteroatoms. The van der Waals surface area contributed by atoms with E-state index in [0.29, 0.717) is 13.1 Å². The molecular formula is C24H21N3O3. The molecule has 30 heavy (non-hydrogen) atoms. The molecule has 1 aliphatic carbocycles. The number of hydrogen-bond acceptors (Lipinski definition) is 4. The van der Waals surface area contributed by atoms with Crippen LogP contribution in [-0.4, -0.2) is 36.2 Å². The highest BCUT2D eigenvalue weighted by Crippen LogP contribution is 2.40. The van der Waals surface area contributed by atoms with Crippen molar-refractivity contribution in [1.82, 2.24) is 10.3 Å². The topological polar surface area (TPSA) is 71.5 Å². The van der Waals surface area contributed by atoms with Crippen molar-refractivity contribution in [3.8, 4) is 22.3 Å². The molecule has 1 N–H and O–H groups in total. The van der Waals surface area contributed by atoms with Crippen LogP contribution in [0.3, 0.4) is 0 Å². The van der Waals surface area contributed by atoms with Gasteiger partial charge in [-0.05, 0) is 58.0 Å². The summed E-state index contributed by atoms with van der Waals surface area (Å²) in [6.45, 7) is 2.20. The van der Waals surface area contributed by atoms with Crippen molar-refractivity contribution >= 4 is 17.7 Å². The summed E-state index contributed by atoms with van der Waals surface area (Å²) in [4.78, 5) is 29.3. The second kappa shape index (κ2) is 7.30. The van der Waals surface area contributed by atoms with Gasteiger partial charge in [0.2, 0.25) is 5.91 Å². The molecule has 5 rings (SSSR count). The highest BCUT2D eigenvalue weighted by Gasteiger charge is 2.33. The lowest BCUT2D eigenvalue weighted by atomic mass is 10.0. The molecule has 0 radical (unpaired) electrons. The van der Waals surface area contributed by atoms with E-state index in [0.717, 1.165) is 23.2 Å². The zero-order valence-corrected chi connectivity index (χ0v) is 16.6. The van der Waals surface area contributed by atoms with E-state index < -0.39 is 0 Å². The van der Waals surface area contributed by atoms with Gasteiger partial charge in [0.15, 0.2) is 0 Å². The number of pyridine rings is 1. The summed E-state index contributed by atoms with van der Waals surface area (Å²) in [5, 5.41) is 2.71. The van der Waals surface area contributed by atoms with Crippen LogP contribution in [0.5, 0.6) is 0 Å². The monoisotopic (exact) mass is 399 g/mol. The zero-order chi connectivity index (χ0) is 20.7. The molecule has 1 atom stereocenters. The van der Waals surface area contributed by atoms with E-state index in [1.807, 2.05) is 18.3 Å². The van der Waals surface area contributed by atoms with Crippen molar-refractivity contribution < 1.29 is 14.3 Å². The Hall–Kier alpha value is -3.67. The molecule has 2 aromatic carbocycles. The minimum atomic E-state index is -0.375. The average molecular weight is 399 g/mol. The van der Waals surface area contributed by atoms with E-state index in [-0.39, 0.29) is 18.1 Å². The average Bonchev–Trinajstić information content (AvgIpc) is 3.31. The molecule has 6 nitrogen and oxygen atoms in total. The van der Waals surface area contributed by atoms with E-state index in [1.54, 1.807) is 11.1 Å². The second-order valence-electron chi connectivity index (χ2n) is 7.69. The minimum Gasteiger partial charge on any atom is -0.442 e. The molecule has 3 aromatic rings. The van der Waals surface area contributed by atoms with E-state index >= 15 is 0 Å². The Morgan fingerprint density at radius 2 is 1.93 bits per heavy atom. The molecular weight excluding hydrogens is 378 g/mol. The third-order valence-corrected chi connectivity index (χ3v) is 5.62. The molecule has 150 valence electrons. The Labute approximate surface area is 174 Å². The Morgan fingerprint density at radius 1 is 1.13 bits per heavy atom. The molecule has 2 amide bonds. The maximum Gasteiger partial charge on any atom is 0.414 e. The Morgan fingerprint density at radius 3 is 2.70 bits per heavy atom. The van der Waals surface area contributed by atoms with Crippen LogP contribution in [-0.2, 0) is 16.0 Å². The number of carbonyl (C=O) groups excluding carboxylic acids is 2. The number of ether oxygens (including phenoxy) is 1. The Kier molecular flexibility index (Phi) is 4.47. The summed E-state index contributed by atoms with van der Waals surface area (Å²) >= 11 is 0. The Balaban J connectivity index is 1.38. The van der Waals surface area contributed by atoms with Gasteiger partial charge in [-0.1, -0.05) is 30.3 Å². The van der Waals surface area contributed by atoms with Gasteiger partial charge in [0, 0.05) is 25.0 Å². The lowest BCUT2D eigenvalue weighted by molar-refractivity contribution is -0.119. The summed E-state index contributed by atoms with van der Waals surface area (Å²) in [7, 11) is 0. The number of aromatic nitrogens is 1. The van der Waals surface area contributed by atoms with Crippen molar-refractivity contribution in [2.24, 2.45) is 0 Å². The maximum absolute atomic E-state index is 12.3. The van der Waals surface area contributed by atoms with Crippen LogP contribution in [0, 0.1) is 0 Å². The van der Waals surface area contributed by atoms with Gasteiger partial charge in [0.25, 0.3) is 0 Å². The fourth-order valence-corrected chi connectivity index (χ4v) is 4.17. The van der Waals surface area contributed by atoms with Crippen LogP contribution in [0.2, 0.25) is 0 Å². The van der Waals surface area contributed by atoms with Crippen LogP contribution in [0.4, 0.5) is 10.5 Å². The first kappa shape index (κ1) is 18.4. The SMILES string of the molecule is CC(=O)NC[C@H]1CN(c2ccc3c(c2)Cc2cc(-c4cccnc4)ccc2-3)C(=O)O1. The third kappa shape index (κ3) is 3.30. The van der Waals surface area contributed by atoms with E-state index in [2.05, 4.69) is 46.7 Å². The number of anilines is 1. The Bertz CT molecular complexity index is 1140. The number of nitrogens with one attached hydrogen (secondary N) is 1. The first-order valence-electron chi connectivity index (χ1n) is 9.98. The van der Waals surface area contributed by atoms with Crippen LogP contribution in [0.15, 0.2) is 60.9 Å². The van der Waals surface area contributed by atoms with E-state index in [1.165, 1.54) is 29.2 Å². The van der Waals surface area contributed by atoms with Gasteiger partial charge in [0.1, 0.15) is 6.10 Å². The summed E-state index contributed by atoms with van der Waals surface area (Å²) in [6, 6.07) is 16.6. The number of benzene rings is 2. The number of carbonyl (C=O) groups is 2. The first-order chi connectivity index (χ1) is 14.6. The fraction of sp³-hybridized carbons (Fsp3) is 0.208. The quantitative estimate of drug-likeness (QED) is 0.567. The summed E-state index contributed by atoms with van der Waals surface area (Å²) in [6.07, 6.45) is 3.76. The van der Waals surface area contributed by atoms with Crippen LogP contribution >= 0.6 is 0 Å². The van der Waals surface area contributed by atoms with Crippen molar-refractivity contribution in [3.63, 3.8) is 0 Å². The molecule has 0 spiro atoms. The molecule has 0 bridgehead atoms. The molecule has 0 unspecified atom stereocenters. The molecule has 1 aromatic heterocycles. The predicted molar refractivity (Wildman–Crippen MR) is 114 cm³/mol. The van der Waals surface area contributed by atoms with E-state index in [4.69, 9.17) is 4.74 Å². The van der Waals surface area contributed by atoms with Crippen LogP contribution in [0.25, 0.3) is 22.3 Å². The number of hydrogen-bond donors (Lipinski definition) is 1. The highest BCUT2D eigenvalue weighted by atomic mass is 16.6. The van der Waals surface area contributed by atoms with Gasteiger partial charge in [-0.2, -0.15) is 0 Å². The summed E-state index contributed by atoms with van der Waals surface area (Å²) < 4.78 is 5.39. The van der Waals surface area contributed by atoms with Crippen molar-refractivity contribution in [3.05, 3.63) is 72.1 Å². The van der Waals surface area contributed by atoms with Gasteiger partial charge in [-0.3, -0.25) is 14.7 Å². The summed E-state index contributed by atoms with van der Waals surface area (Å²) in [5.74, 6) is -0.134. The smallest absolute Gasteiger partial charge is 0.414 e. The fourth-order valence-electron chi connectivity index (χ4n) is 4.17. The first-order valence-corrected chi connectivity index (χ1v) is 9.98. The van der Waals surface area contributed by atoms with Gasteiger partial charge in [-0.25, -0.2) is 4.79 Å². The normalized spacial score (nSPS) is 16.8. The number of amides is 2. The van der Waals surface area contributed by atoms with Gasteiger partial charge in [-0.15, -0.1) is 0 Å². The molecule has 1 aliphatic heterocycles. The number of rotatable bonds is 4. The molecule has 0 saturated carbocycles. The van der Waals surface area contributed by atoms with Crippen molar-refractivity contribution in [2.45, 2.75) is 19.4 Å². The van der Waals surface area contributed by atoms with Crippen LogP contribution in [0.1, 0.15) is 18.1 Å². The molecule has 1 saturated heterocycles. The van der Waals surface area contributed by atoms with Crippen LogP contribution < -0.4 is 10.2 Å². The third-order valence-electron chi connectivity index (χ3n) is 5.62. The number of nitrogens with zero attached hydrogens (tertiary/aromatic N) is 2. The number of fused-ring (bicyclic) bond motifs is 3. The molecule has 2 aliphatic rings. The predicted octanol–water partition coefficient (Wildman–Crippen LogP) is 3.78. The maximum atomic E-state index is 12.3. The lowest BCUT2D eigenvalue weighted by Crippen LogP contribution is -2.33. The molecule has 1 fully saturated rings. The van der Waals surface area contributed by atoms with Crippen molar-refractivity contribution in [2.75, 3.05) is 18.0 Å².